The fourth-order valence-corrected chi connectivity index (χ4v) is 4.34. The van der Waals surface area contributed by atoms with E-state index in [2.05, 4.69) is 18.1 Å². The number of carbonyl (C=O) groups excluding carboxylic acids is 1. The summed E-state index contributed by atoms with van der Waals surface area (Å²) in [6.45, 7) is 5.08. The Bertz CT molecular complexity index is 928. The zero-order valence-corrected chi connectivity index (χ0v) is 14.5. The highest BCUT2D eigenvalue weighted by molar-refractivity contribution is 7.20. The van der Waals surface area contributed by atoms with Crippen LogP contribution >= 0.6 is 11.3 Å². The van der Waals surface area contributed by atoms with Crippen molar-refractivity contribution in [3.8, 4) is 5.69 Å². The Morgan fingerprint density at radius 1 is 1.33 bits per heavy atom. The van der Waals surface area contributed by atoms with E-state index < -0.39 is 6.10 Å². The van der Waals surface area contributed by atoms with Gasteiger partial charge in [-0.2, -0.15) is 5.10 Å². The molecular formula is C18H19N3O2S. The third-order valence-electron chi connectivity index (χ3n) is 4.55. The van der Waals surface area contributed by atoms with Crippen LogP contribution in [0.5, 0.6) is 0 Å². The van der Waals surface area contributed by atoms with Crippen molar-refractivity contribution in [1.82, 2.24) is 14.7 Å². The number of β-amino-alcohol motifs (C(OH)–C–C–N with tert-alkyl or cyclic N) is 1. The highest BCUT2D eigenvalue weighted by Gasteiger charge is 2.27. The summed E-state index contributed by atoms with van der Waals surface area (Å²) < 4.78 is 1.93. The monoisotopic (exact) mass is 341 g/mol. The lowest BCUT2D eigenvalue weighted by atomic mass is 10.2. The average molecular weight is 341 g/mol. The summed E-state index contributed by atoms with van der Waals surface area (Å²) in [7, 11) is 0. The molecule has 1 N–H and O–H groups in total. The maximum Gasteiger partial charge on any atom is 0.264 e. The molecular weight excluding hydrogens is 322 g/mol. The molecule has 2 aromatic heterocycles. The molecule has 5 nitrogen and oxygen atoms in total. The molecule has 1 atom stereocenters. The Morgan fingerprint density at radius 2 is 2.12 bits per heavy atom. The van der Waals surface area contributed by atoms with E-state index in [1.807, 2.05) is 35.9 Å². The number of fused-ring (bicyclic) bond motifs is 1. The van der Waals surface area contributed by atoms with Gasteiger partial charge in [0.15, 0.2) is 0 Å². The molecule has 0 unspecified atom stereocenters. The number of likely N-dealkylation sites (tertiary alicyclic amines) is 1. The molecule has 1 saturated heterocycles. The van der Waals surface area contributed by atoms with Crippen molar-refractivity contribution in [2.75, 3.05) is 13.1 Å². The first-order valence-electron chi connectivity index (χ1n) is 8.07. The number of aromatic nitrogens is 2. The molecule has 3 heterocycles. The number of aliphatic hydroxyl groups excluding tert-OH is 1. The van der Waals surface area contributed by atoms with Crippen molar-refractivity contribution in [3.63, 3.8) is 0 Å². The highest BCUT2D eigenvalue weighted by atomic mass is 32.1. The normalized spacial score (nSPS) is 17.8. The van der Waals surface area contributed by atoms with Crippen LogP contribution < -0.4 is 0 Å². The van der Waals surface area contributed by atoms with Crippen molar-refractivity contribution < 1.29 is 9.90 Å². The molecule has 0 spiro atoms. The van der Waals surface area contributed by atoms with E-state index in [4.69, 9.17) is 0 Å². The van der Waals surface area contributed by atoms with Gasteiger partial charge in [-0.25, -0.2) is 4.68 Å². The number of para-hydroxylation sites is 1. The van der Waals surface area contributed by atoms with E-state index in [0.29, 0.717) is 24.4 Å². The van der Waals surface area contributed by atoms with Gasteiger partial charge in [0.25, 0.3) is 5.91 Å². The zero-order valence-electron chi connectivity index (χ0n) is 13.7. The Morgan fingerprint density at radius 3 is 2.83 bits per heavy atom. The number of hydrogen-bond donors (Lipinski definition) is 1. The summed E-state index contributed by atoms with van der Waals surface area (Å²) in [6, 6.07) is 10.0. The number of hydrogen-bond acceptors (Lipinski definition) is 4. The van der Waals surface area contributed by atoms with E-state index in [-0.39, 0.29) is 5.91 Å². The van der Waals surface area contributed by atoms with Gasteiger partial charge in [-0.15, -0.1) is 11.3 Å². The summed E-state index contributed by atoms with van der Waals surface area (Å²) in [5.41, 5.74) is 3.10. The molecule has 0 aliphatic carbocycles. The number of aryl methyl sites for hydroxylation is 2. The maximum atomic E-state index is 12.7. The lowest BCUT2D eigenvalue weighted by Gasteiger charge is -2.13. The maximum absolute atomic E-state index is 12.7. The SMILES string of the molecule is Cc1ccccc1-n1nc(C)c2cc(C(=O)N3CC[C@@H](O)C3)sc21. The molecule has 1 aliphatic heterocycles. The lowest BCUT2D eigenvalue weighted by Crippen LogP contribution is -2.28. The number of rotatable bonds is 2. The molecule has 0 bridgehead atoms. The van der Waals surface area contributed by atoms with Gasteiger partial charge >= 0.3 is 0 Å². The van der Waals surface area contributed by atoms with Crippen molar-refractivity contribution in [1.29, 1.82) is 0 Å². The molecule has 1 aromatic carbocycles. The van der Waals surface area contributed by atoms with E-state index in [9.17, 15) is 9.90 Å². The second-order valence-electron chi connectivity index (χ2n) is 6.31. The molecule has 24 heavy (non-hydrogen) atoms. The number of nitrogens with zero attached hydrogens (tertiary/aromatic N) is 3. The second-order valence-corrected chi connectivity index (χ2v) is 7.34. The van der Waals surface area contributed by atoms with Crippen LogP contribution in [0.3, 0.4) is 0 Å². The van der Waals surface area contributed by atoms with Gasteiger partial charge in [0.1, 0.15) is 4.83 Å². The molecule has 1 aliphatic rings. The topological polar surface area (TPSA) is 58.4 Å². The molecule has 1 amide bonds. The van der Waals surface area contributed by atoms with Gasteiger partial charge in [0, 0.05) is 18.5 Å². The Labute approximate surface area is 144 Å². The molecule has 6 heteroatoms. The zero-order chi connectivity index (χ0) is 16.8. The molecule has 124 valence electrons. The molecule has 1 fully saturated rings. The van der Waals surface area contributed by atoms with Crippen LogP contribution in [0.4, 0.5) is 0 Å². The third kappa shape index (κ3) is 2.42. The first kappa shape index (κ1) is 15.4. The Balaban J connectivity index is 1.78. The summed E-state index contributed by atoms with van der Waals surface area (Å²) in [4.78, 5) is 16.1. The standard InChI is InChI=1S/C18H19N3O2S/c1-11-5-3-4-6-15(11)21-18-14(12(2)19-21)9-16(24-18)17(23)20-8-7-13(22)10-20/h3-6,9,13,22H,7-8,10H2,1-2H3/t13-/m1/s1. The van der Waals surface area contributed by atoms with Crippen LogP contribution in [0.25, 0.3) is 15.9 Å². The predicted octanol–water partition coefficient (Wildman–Crippen LogP) is 2.91. The molecule has 0 radical (unpaired) electrons. The Kier molecular flexibility index (Phi) is 3.66. The first-order chi connectivity index (χ1) is 11.5. The van der Waals surface area contributed by atoms with Crippen molar-refractivity contribution in [3.05, 3.63) is 46.5 Å². The van der Waals surface area contributed by atoms with E-state index in [1.165, 1.54) is 11.3 Å². The number of amides is 1. The first-order valence-corrected chi connectivity index (χ1v) is 8.89. The van der Waals surface area contributed by atoms with Crippen LogP contribution in [0.15, 0.2) is 30.3 Å². The van der Waals surface area contributed by atoms with Gasteiger partial charge in [-0.05, 0) is 38.0 Å². The van der Waals surface area contributed by atoms with Gasteiger partial charge in [0.2, 0.25) is 0 Å². The second kappa shape index (κ2) is 5.72. The summed E-state index contributed by atoms with van der Waals surface area (Å²) in [5.74, 6) is 0.00323. The third-order valence-corrected chi connectivity index (χ3v) is 5.65. The minimum Gasteiger partial charge on any atom is -0.391 e. The minimum atomic E-state index is -0.396. The quantitative estimate of drug-likeness (QED) is 0.780. The van der Waals surface area contributed by atoms with Crippen LogP contribution in [0.1, 0.15) is 27.3 Å². The van der Waals surface area contributed by atoms with E-state index in [1.54, 1.807) is 4.90 Å². The highest BCUT2D eigenvalue weighted by Crippen LogP contribution is 2.32. The number of carbonyl (C=O) groups is 1. The molecule has 4 rings (SSSR count). The smallest absolute Gasteiger partial charge is 0.264 e. The number of aliphatic hydroxyl groups is 1. The fourth-order valence-electron chi connectivity index (χ4n) is 3.20. The van der Waals surface area contributed by atoms with Gasteiger partial charge in [0.05, 0.1) is 22.4 Å². The van der Waals surface area contributed by atoms with Gasteiger partial charge < -0.3 is 10.0 Å². The van der Waals surface area contributed by atoms with Gasteiger partial charge in [-0.1, -0.05) is 18.2 Å². The average Bonchev–Trinajstić information content (AvgIpc) is 3.25. The summed E-state index contributed by atoms with van der Waals surface area (Å²) >= 11 is 1.47. The van der Waals surface area contributed by atoms with Gasteiger partial charge in [-0.3, -0.25) is 4.79 Å². The largest absolute Gasteiger partial charge is 0.391 e. The number of thiophene rings is 1. The minimum absolute atomic E-state index is 0.00323. The molecule has 0 saturated carbocycles. The van der Waals surface area contributed by atoms with Crippen LogP contribution in [0.2, 0.25) is 0 Å². The van der Waals surface area contributed by atoms with Crippen LogP contribution in [0, 0.1) is 13.8 Å². The van der Waals surface area contributed by atoms with E-state index in [0.717, 1.165) is 27.2 Å². The lowest BCUT2D eigenvalue weighted by molar-refractivity contribution is 0.0770. The van der Waals surface area contributed by atoms with E-state index >= 15 is 0 Å². The van der Waals surface area contributed by atoms with Crippen molar-refractivity contribution in [2.24, 2.45) is 0 Å². The predicted molar refractivity (Wildman–Crippen MR) is 94.9 cm³/mol. The summed E-state index contributed by atoms with van der Waals surface area (Å²) in [6.07, 6.45) is 0.264. The number of benzene rings is 1. The van der Waals surface area contributed by atoms with Crippen LogP contribution in [-0.2, 0) is 0 Å². The fraction of sp³-hybridized carbons (Fsp3) is 0.333. The molecule has 3 aromatic rings. The van der Waals surface area contributed by atoms with Crippen molar-refractivity contribution >= 4 is 27.5 Å². The summed E-state index contributed by atoms with van der Waals surface area (Å²) in [5, 5.41) is 15.3. The van der Waals surface area contributed by atoms with Crippen LogP contribution in [-0.4, -0.2) is 44.9 Å². The Hall–Kier alpha value is -2.18. The van der Waals surface area contributed by atoms with Crippen molar-refractivity contribution in [2.45, 2.75) is 26.4 Å².